The Kier molecular flexibility index (Phi) is 2.49. The van der Waals surface area contributed by atoms with Gasteiger partial charge in [0.15, 0.2) is 0 Å². The third-order valence-corrected chi connectivity index (χ3v) is 1.63. The van der Waals surface area contributed by atoms with Crippen LogP contribution in [-0.4, -0.2) is 0 Å². The average molecular weight is 158 g/mol. The van der Waals surface area contributed by atoms with Gasteiger partial charge < -0.3 is 5.73 Å². The molecular weight excluding hydrogens is 148 g/mol. The number of aryl methyl sites for hydroxylation is 1. The Bertz CT molecular complexity index is 345. The minimum absolute atomic E-state index is 0.751. The van der Waals surface area contributed by atoms with Crippen molar-refractivity contribution in [3.63, 3.8) is 0 Å². The number of allylic oxidation sites excluding steroid dienone is 1. The molecule has 1 aromatic carbocycles. The van der Waals surface area contributed by atoms with Crippen molar-refractivity contribution in [3.8, 4) is 6.07 Å². The van der Waals surface area contributed by atoms with Crippen molar-refractivity contribution in [2.45, 2.75) is 6.92 Å². The van der Waals surface area contributed by atoms with E-state index in [4.69, 9.17) is 11.0 Å². The first-order valence-corrected chi connectivity index (χ1v) is 3.66. The molecule has 2 heteroatoms. The monoisotopic (exact) mass is 158 g/mol. The van der Waals surface area contributed by atoms with E-state index in [0.717, 1.165) is 16.8 Å². The highest BCUT2D eigenvalue weighted by Crippen LogP contribution is 2.13. The zero-order valence-electron chi connectivity index (χ0n) is 6.91. The molecular formula is C10H10N2. The van der Waals surface area contributed by atoms with Crippen LogP contribution in [-0.2, 0) is 0 Å². The summed E-state index contributed by atoms with van der Waals surface area (Å²) in [6.45, 7) is 1.97. The van der Waals surface area contributed by atoms with Gasteiger partial charge in [0.2, 0.25) is 0 Å². The fraction of sp³-hybridized carbons (Fsp3) is 0.100. The molecule has 0 spiro atoms. The van der Waals surface area contributed by atoms with Crippen LogP contribution >= 0.6 is 0 Å². The van der Waals surface area contributed by atoms with Gasteiger partial charge in [-0.05, 0) is 36.3 Å². The third-order valence-electron chi connectivity index (χ3n) is 1.63. The quantitative estimate of drug-likeness (QED) is 0.502. The maximum atomic E-state index is 8.31. The van der Waals surface area contributed by atoms with Gasteiger partial charge in [-0.25, -0.2) is 0 Å². The number of anilines is 1. The van der Waals surface area contributed by atoms with Gasteiger partial charge in [0, 0.05) is 11.8 Å². The number of hydrogen-bond acceptors (Lipinski definition) is 2. The first-order chi connectivity index (χ1) is 5.74. The molecule has 0 fully saturated rings. The number of nitriles is 1. The highest BCUT2D eigenvalue weighted by atomic mass is 14.5. The molecule has 0 saturated heterocycles. The Balaban J connectivity index is 3.03. The first kappa shape index (κ1) is 8.35. The lowest BCUT2D eigenvalue weighted by molar-refractivity contribution is 1.44. The molecule has 0 aliphatic heterocycles. The van der Waals surface area contributed by atoms with E-state index in [9.17, 15) is 0 Å². The molecule has 0 aliphatic carbocycles. The molecule has 0 bridgehead atoms. The predicted octanol–water partition coefficient (Wildman–Crippen LogP) is 2.11. The zero-order valence-corrected chi connectivity index (χ0v) is 6.91. The Hall–Kier alpha value is -1.75. The smallest absolute Gasteiger partial charge is 0.0912 e. The van der Waals surface area contributed by atoms with Gasteiger partial charge in [0.1, 0.15) is 0 Å². The highest BCUT2D eigenvalue weighted by Gasteiger charge is 1.93. The van der Waals surface area contributed by atoms with Gasteiger partial charge in [-0.3, -0.25) is 0 Å². The second-order valence-corrected chi connectivity index (χ2v) is 2.58. The van der Waals surface area contributed by atoms with Gasteiger partial charge in [-0.15, -0.1) is 0 Å². The first-order valence-electron chi connectivity index (χ1n) is 3.66. The number of rotatable bonds is 1. The Morgan fingerprint density at radius 1 is 1.50 bits per heavy atom. The summed E-state index contributed by atoms with van der Waals surface area (Å²) in [4.78, 5) is 0. The largest absolute Gasteiger partial charge is 0.399 e. The molecule has 2 N–H and O–H groups in total. The number of nitrogens with zero attached hydrogens (tertiary/aromatic N) is 1. The molecule has 0 unspecified atom stereocenters. The van der Waals surface area contributed by atoms with Gasteiger partial charge in [-0.1, -0.05) is 6.07 Å². The topological polar surface area (TPSA) is 49.8 Å². The maximum absolute atomic E-state index is 8.31. The van der Waals surface area contributed by atoms with Crippen molar-refractivity contribution in [3.05, 3.63) is 35.4 Å². The van der Waals surface area contributed by atoms with Crippen LogP contribution in [0.2, 0.25) is 0 Å². The van der Waals surface area contributed by atoms with Crippen molar-refractivity contribution in [2.24, 2.45) is 0 Å². The number of benzene rings is 1. The summed E-state index contributed by atoms with van der Waals surface area (Å²) >= 11 is 0. The summed E-state index contributed by atoms with van der Waals surface area (Å²) < 4.78 is 0. The second-order valence-electron chi connectivity index (χ2n) is 2.58. The van der Waals surface area contributed by atoms with E-state index in [1.165, 1.54) is 6.08 Å². The predicted molar refractivity (Wildman–Crippen MR) is 50.2 cm³/mol. The Labute approximate surface area is 71.9 Å². The molecule has 0 atom stereocenters. The molecule has 0 saturated carbocycles. The summed E-state index contributed by atoms with van der Waals surface area (Å²) in [6, 6.07) is 7.56. The van der Waals surface area contributed by atoms with Crippen LogP contribution in [0.25, 0.3) is 6.08 Å². The van der Waals surface area contributed by atoms with Crippen LogP contribution in [0.5, 0.6) is 0 Å². The maximum Gasteiger partial charge on any atom is 0.0912 e. The van der Waals surface area contributed by atoms with E-state index in [1.54, 1.807) is 6.08 Å². The van der Waals surface area contributed by atoms with Gasteiger partial charge in [0.25, 0.3) is 0 Å². The number of nitrogens with two attached hydrogens (primary N) is 1. The molecule has 1 aromatic rings. The zero-order chi connectivity index (χ0) is 8.97. The van der Waals surface area contributed by atoms with E-state index in [1.807, 2.05) is 31.2 Å². The summed E-state index contributed by atoms with van der Waals surface area (Å²) in [5, 5.41) is 8.31. The lowest BCUT2D eigenvalue weighted by Gasteiger charge is -1.99. The molecule has 0 aromatic heterocycles. The van der Waals surface area contributed by atoms with Gasteiger partial charge >= 0.3 is 0 Å². The number of hydrogen-bond donors (Lipinski definition) is 1. The summed E-state index contributed by atoms with van der Waals surface area (Å²) in [5.74, 6) is 0. The third kappa shape index (κ3) is 1.86. The van der Waals surface area contributed by atoms with Crippen LogP contribution in [0.15, 0.2) is 24.3 Å². The molecule has 0 heterocycles. The normalized spacial score (nSPS) is 10.0. The standard InChI is InChI=1S/C10H10N2/c1-8-7-10(12)5-4-9(8)3-2-6-11/h2-5,7H,12H2,1H3. The summed E-state index contributed by atoms with van der Waals surface area (Å²) in [6.07, 6.45) is 3.23. The van der Waals surface area contributed by atoms with E-state index in [2.05, 4.69) is 0 Å². The highest BCUT2D eigenvalue weighted by molar-refractivity contribution is 5.59. The van der Waals surface area contributed by atoms with E-state index in [-0.39, 0.29) is 0 Å². The van der Waals surface area contributed by atoms with Crippen LogP contribution in [0.1, 0.15) is 11.1 Å². The summed E-state index contributed by atoms with van der Waals surface area (Å²) in [5.41, 5.74) is 8.44. The van der Waals surface area contributed by atoms with E-state index >= 15 is 0 Å². The molecule has 1 rings (SSSR count). The molecule has 0 aliphatic rings. The Morgan fingerprint density at radius 3 is 2.83 bits per heavy atom. The van der Waals surface area contributed by atoms with Crippen molar-refractivity contribution in [1.29, 1.82) is 5.26 Å². The van der Waals surface area contributed by atoms with Crippen LogP contribution in [0.4, 0.5) is 5.69 Å². The molecule has 0 radical (unpaired) electrons. The van der Waals surface area contributed by atoms with E-state index in [0.29, 0.717) is 0 Å². The molecule has 60 valence electrons. The minimum atomic E-state index is 0.751. The Morgan fingerprint density at radius 2 is 2.25 bits per heavy atom. The molecule has 2 nitrogen and oxygen atoms in total. The fourth-order valence-electron chi connectivity index (χ4n) is 1.01. The van der Waals surface area contributed by atoms with Crippen LogP contribution < -0.4 is 5.73 Å². The van der Waals surface area contributed by atoms with Crippen molar-refractivity contribution >= 4 is 11.8 Å². The molecule has 12 heavy (non-hydrogen) atoms. The van der Waals surface area contributed by atoms with E-state index < -0.39 is 0 Å². The lowest BCUT2D eigenvalue weighted by Crippen LogP contribution is -1.87. The minimum Gasteiger partial charge on any atom is -0.399 e. The molecule has 0 amide bonds. The second kappa shape index (κ2) is 3.59. The average Bonchev–Trinajstić information content (AvgIpc) is 2.03. The lowest BCUT2D eigenvalue weighted by atomic mass is 10.1. The van der Waals surface area contributed by atoms with Gasteiger partial charge in [0.05, 0.1) is 6.07 Å². The van der Waals surface area contributed by atoms with Crippen LogP contribution in [0.3, 0.4) is 0 Å². The van der Waals surface area contributed by atoms with Crippen molar-refractivity contribution in [1.82, 2.24) is 0 Å². The van der Waals surface area contributed by atoms with Crippen LogP contribution in [0, 0.1) is 18.3 Å². The summed E-state index contributed by atoms with van der Waals surface area (Å²) in [7, 11) is 0. The fourth-order valence-corrected chi connectivity index (χ4v) is 1.01. The van der Waals surface area contributed by atoms with Crippen molar-refractivity contribution in [2.75, 3.05) is 5.73 Å². The van der Waals surface area contributed by atoms with Crippen molar-refractivity contribution < 1.29 is 0 Å². The van der Waals surface area contributed by atoms with Gasteiger partial charge in [-0.2, -0.15) is 5.26 Å². The SMILES string of the molecule is Cc1cc(N)ccc1C=CC#N. The number of nitrogen functional groups attached to an aromatic ring is 1.